The van der Waals surface area contributed by atoms with Crippen molar-refractivity contribution in [2.75, 3.05) is 38.6 Å². The topological polar surface area (TPSA) is 46.6 Å². The predicted molar refractivity (Wildman–Crippen MR) is 56.1 cm³/mol. The summed E-state index contributed by atoms with van der Waals surface area (Å²) in [5, 5.41) is 0. The first kappa shape index (κ1) is 12.2. The molecule has 0 aromatic heterocycles. The fourth-order valence-electron chi connectivity index (χ4n) is 1.62. The van der Waals surface area contributed by atoms with Crippen molar-refractivity contribution in [2.24, 2.45) is 5.92 Å². The second-order valence-electron chi connectivity index (χ2n) is 3.72. The van der Waals surface area contributed by atoms with Crippen LogP contribution in [0, 0.1) is 5.92 Å². The molecule has 1 rings (SSSR count). The van der Waals surface area contributed by atoms with Crippen LogP contribution in [0.5, 0.6) is 0 Å². The van der Waals surface area contributed by atoms with Gasteiger partial charge in [-0.2, -0.15) is 0 Å². The van der Waals surface area contributed by atoms with Gasteiger partial charge in [0.25, 0.3) is 0 Å². The molecule has 14 heavy (non-hydrogen) atoms. The quantitative estimate of drug-likeness (QED) is 0.674. The van der Waals surface area contributed by atoms with Gasteiger partial charge < -0.3 is 4.74 Å². The first-order valence-corrected chi connectivity index (χ1v) is 7.17. The lowest BCUT2D eigenvalue weighted by molar-refractivity contribution is 0.0330. The molecule has 1 unspecified atom stereocenters. The van der Waals surface area contributed by atoms with Gasteiger partial charge in [0.1, 0.15) is 0 Å². The second kappa shape index (κ2) is 5.30. The Labute approximate surface area is 89.6 Å². The van der Waals surface area contributed by atoms with Crippen LogP contribution in [0.1, 0.15) is 6.92 Å². The molecule has 0 bridgehead atoms. The lowest BCUT2D eigenvalue weighted by Crippen LogP contribution is -2.39. The lowest BCUT2D eigenvalue weighted by atomic mass is 10.2. The summed E-state index contributed by atoms with van der Waals surface area (Å²) >= 11 is 0. The van der Waals surface area contributed by atoms with Gasteiger partial charge in [0, 0.05) is 30.3 Å². The maximum absolute atomic E-state index is 10.8. The minimum atomic E-state index is -3.36. The molecule has 1 aliphatic rings. The van der Waals surface area contributed by atoms with Crippen molar-refractivity contribution in [3.63, 3.8) is 0 Å². The van der Waals surface area contributed by atoms with Crippen LogP contribution < -0.4 is 0 Å². The molecule has 4 nitrogen and oxygen atoms in total. The number of hydrogen-bond acceptors (Lipinski definition) is 4. The molecule has 1 atom stereocenters. The fourth-order valence-corrected chi connectivity index (χ4v) is 3.05. The second-order valence-corrected chi connectivity index (χ2v) is 6.55. The van der Waals surface area contributed by atoms with E-state index in [1.807, 2.05) is 6.92 Å². The van der Waals surface area contributed by atoms with E-state index in [1.165, 1.54) is 0 Å². The Bertz CT molecular complexity index is 262. The van der Waals surface area contributed by atoms with Crippen molar-refractivity contribution in [3.05, 3.63) is 0 Å². The van der Waals surface area contributed by atoms with Crippen molar-refractivity contribution >= 4 is 19.7 Å². The van der Waals surface area contributed by atoms with Gasteiger partial charge in [0.15, 0.2) is 0 Å². The van der Waals surface area contributed by atoms with Crippen molar-refractivity contribution in [2.45, 2.75) is 6.92 Å². The zero-order chi connectivity index (χ0) is 10.6. The molecule has 0 aromatic carbocycles. The molecule has 1 heterocycles. The van der Waals surface area contributed by atoms with Crippen LogP contribution in [0.3, 0.4) is 0 Å². The Morgan fingerprint density at radius 1 is 1.43 bits per heavy atom. The number of hydrogen-bond donors (Lipinski definition) is 0. The van der Waals surface area contributed by atoms with Crippen molar-refractivity contribution in [3.8, 4) is 0 Å². The Kier molecular flexibility index (Phi) is 4.63. The van der Waals surface area contributed by atoms with Crippen LogP contribution >= 0.6 is 10.7 Å². The minimum absolute atomic E-state index is 0.0475. The van der Waals surface area contributed by atoms with E-state index in [2.05, 4.69) is 4.90 Å². The van der Waals surface area contributed by atoms with Gasteiger partial charge in [0.05, 0.1) is 19.0 Å². The van der Waals surface area contributed by atoms with Crippen LogP contribution in [0.4, 0.5) is 0 Å². The van der Waals surface area contributed by atoms with E-state index in [0.29, 0.717) is 0 Å². The standard InChI is InChI=1S/C8H16ClNO3S/c1-8(7-14(9,11)12)6-10-2-4-13-5-3-10/h8H,2-7H2,1H3. The van der Waals surface area contributed by atoms with Crippen LogP contribution in [0.15, 0.2) is 0 Å². The highest BCUT2D eigenvalue weighted by Gasteiger charge is 2.17. The molecular formula is C8H16ClNO3S. The van der Waals surface area contributed by atoms with Crippen molar-refractivity contribution < 1.29 is 13.2 Å². The molecule has 0 aliphatic carbocycles. The molecule has 0 N–H and O–H groups in total. The summed E-state index contributed by atoms with van der Waals surface area (Å²) in [4.78, 5) is 2.20. The van der Waals surface area contributed by atoms with Crippen LogP contribution in [0.25, 0.3) is 0 Å². The number of nitrogens with zero attached hydrogens (tertiary/aromatic N) is 1. The molecule has 0 radical (unpaired) electrons. The molecule has 1 fully saturated rings. The van der Waals surface area contributed by atoms with Gasteiger partial charge in [-0.25, -0.2) is 8.42 Å². The predicted octanol–water partition coefficient (Wildman–Crippen LogP) is 0.523. The Morgan fingerprint density at radius 3 is 2.50 bits per heavy atom. The first-order valence-electron chi connectivity index (χ1n) is 4.70. The summed E-state index contributed by atoms with van der Waals surface area (Å²) in [6.07, 6.45) is 0. The van der Waals surface area contributed by atoms with Gasteiger partial charge in [-0.3, -0.25) is 4.90 Å². The van der Waals surface area contributed by atoms with Gasteiger partial charge in [-0.1, -0.05) is 6.92 Å². The van der Waals surface area contributed by atoms with Gasteiger partial charge in [0.2, 0.25) is 9.05 Å². The number of ether oxygens (including phenoxy) is 1. The van der Waals surface area contributed by atoms with Gasteiger partial charge in [-0.15, -0.1) is 0 Å². The zero-order valence-electron chi connectivity index (χ0n) is 8.28. The van der Waals surface area contributed by atoms with Crippen LogP contribution in [0.2, 0.25) is 0 Å². The van der Waals surface area contributed by atoms with E-state index >= 15 is 0 Å². The first-order chi connectivity index (χ1) is 6.47. The molecule has 0 spiro atoms. The molecule has 1 aliphatic heterocycles. The third-order valence-electron chi connectivity index (χ3n) is 2.16. The monoisotopic (exact) mass is 241 g/mol. The zero-order valence-corrected chi connectivity index (χ0v) is 9.85. The molecule has 84 valence electrons. The average Bonchev–Trinajstić information content (AvgIpc) is 2.02. The third-order valence-corrected chi connectivity index (χ3v) is 3.50. The van der Waals surface area contributed by atoms with Crippen LogP contribution in [-0.4, -0.2) is 51.9 Å². The van der Waals surface area contributed by atoms with E-state index < -0.39 is 9.05 Å². The van der Waals surface area contributed by atoms with E-state index in [-0.39, 0.29) is 11.7 Å². The number of rotatable bonds is 4. The average molecular weight is 242 g/mol. The summed E-state index contributed by atoms with van der Waals surface area (Å²) in [7, 11) is 1.81. The summed E-state index contributed by atoms with van der Waals surface area (Å²) in [6.45, 7) is 5.91. The number of halogens is 1. The van der Waals surface area contributed by atoms with E-state index in [1.54, 1.807) is 0 Å². The summed E-state index contributed by atoms with van der Waals surface area (Å²) in [5.74, 6) is 0.127. The Balaban J connectivity index is 2.28. The largest absolute Gasteiger partial charge is 0.379 e. The normalized spacial score (nSPS) is 22.1. The van der Waals surface area contributed by atoms with E-state index in [4.69, 9.17) is 15.4 Å². The SMILES string of the molecule is CC(CN1CCOCC1)CS(=O)(=O)Cl. The van der Waals surface area contributed by atoms with Gasteiger partial charge in [-0.05, 0) is 5.92 Å². The number of morpholine rings is 1. The van der Waals surface area contributed by atoms with Crippen molar-refractivity contribution in [1.82, 2.24) is 4.90 Å². The molecular weight excluding hydrogens is 226 g/mol. The summed E-state index contributed by atoms with van der Waals surface area (Å²) < 4.78 is 26.8. The highest BCUT2D eigenvalue weighted by atomic mass is 35.7. The van der Waals surface area contributed by atoms with Gasteiger partial charge >= 0.3 is 0 Å². The fraction of sp³-hybridized carbons (Fsp3) is 1.00. The van der Waals surface area contributed by atoms with Crippen LogP contribution in [-0.2, 0) is 13.8 Å². The minimum Gasteiger partial charge on any atom is -0.379 e. The van der Waals surface area contributed by atoms with E-state index in [0.717, 1.165) is 32.8 Å². The molecule has 0 amide bonds. The molecule has 1 saturated heterocycles. The maximum atomic E-state index is 10.8. The maximum Gasteiger partial charge on any atom is 0.232 e. The van der Waals surface area contributed by atoms with Crippen molar-refractivity contribution in [1.29, 1.82) is 0 Å². The smallest absolute Gasteiger partial charge is 0.232 e. The Morgan fingerprint density at radius 2 is 2.00 bits per heavy atom. The highest BCUT2D eigenvalue weighted by molar-refractivity contribution is 8.13. The highest BCUT2D eigenvalue weighted by Crippen LogP contribution is 2.08. The Hall–Kier alpha value is 0.160. The lowest BCUT2D eigenvalue weighted by Gasteiger charge is -2.28. The van der Waals surface area contributed by atoms with E-state index in [9.17, 15) is 8.42 Å². The molecule has 0 aromatic rings. The third kappa shape index (κ3) is 5.14. The summed E-state index contributed by atoms with van der Waals surface area (Å²) in [5.41, 5.74) is 0. The molecule has 6 heteroatoms. The summed E-state index contributed by atoms with van der Waals surface area (Å²) in [6, 6.07) is 0. The molecule has 0 saturated carbocycles.